The van der Waals surface area contributed by atoms with Gasteiger partial charge < -0.3 is 4.74 Å². The quantitative estimate of drug-likeness (QED) is 0.699. The van der Waals surface area contributed by atoms with Crippen molar-refractivity contribution in [3.63, 3.8) is 0 Å². The summed E-state index contributed by atoms with van der Waals surface area (Å²) in [5, 5.41) is 0. The Balaban J connectivity index is 1.94. The van der Waals surface area contributed by atoms with Crippen molar-refractivity contribution in [2.75, 3.05) is 6.61 Å². The van der Waals surface area contributed by atoms with Crippen LogP contribution in [0.1, 0.15) is 32.2 Å². The van der Waals surface area contributed by atoms with Crippen molar-refractivity contribution in [2.45, 2.75) is 38.8 Å². The zero-order valence-electron chi connectivity index (χ0n) is 9.39. The number of ether oxygens (including phenoxy) is 1. The van der Waals surface area contributed by atoms with Crippen LogP contribution in [0.4, 0.5) is 0 Å². The van der Waals surface area contributed by atoms with Crippen LogP contribution in [0.25, 0.3) is 0 Å². The van der Waals surface area contributed by atoms with Crippen molar-refractivity contribution in [1.29, 1.82) is 0 Å². The second kappa shape index (κ2) is 4.55. The van der Waals surface area contributed by atoms with E-state index in [4.69, 9.17) is 4.74 Å². The van der Waals surface area contributed by atoms with Crippen LogP contribution >= 0.6 is 0 Å². The van der Waals surface area contributed by atoms with Gasteiger partial charge in [-0.3, -0.25) is 13.9 Å². The molecule has 0 atom stereocenters. The first kappa shape index (κ1) is 11.0. The van der Waals surface area contributed by atoms with E-state index in [1.54, 1.807) is 28.5 Å². The highest BCUT2D eigenvalue weighted by Gasteiger charge is 2.25. The number of hydrogen-bond acceptors (Lipinski definition) is 3. The van der Waals surface area contributed by atoms with Gasteiger partial charge in [-0.25, -0.2) is 4.79 Å². The molecule has 0 spiro atoms. The molecule has 1 aromatic heterocycles. The lowest BCUT2D eigenvalue weighted by molar-refractivity contribution is -0.143. The van der Waals surface area contributed by atoms with E-state index in [-0.39, 0.29) is 18.1 Å². The fraction of sp³-hybridized carbons (Fsp3) is 0.636. The van der Waals surface area contributed by atoms with E-state index in [0.29, 0.717) is 19.2 Å². The van der Waals surface area contributed by atoms with E-state index < -0.39 is 0 Å². The second-order valence-electron chi connectivity index (χ2n) is 3.97. The fourth-order valence-electron chi connectivity index (χ4n) is 1.67. The van der Waals surface area contributed by atoms with Crippen molar-refractivity contribution in [1.82, 2.24) is 9.13 Å². The molecule has 88 valence electrons. The molecule has 1 saturated carbocycles. The van der Waals surface area contributed by atoms with Gasteiger partial charge in [0, 0.05) is 25.0 Å². The van der Waals surface area contributed by atoms with Crippen molar-refractivity contribution >= 4 is 5.97 Å². The Kier molecular flexibility index (Phi) is 3.12. The van der Waals surface area contributed by atoms with E-state index in [1.165, 1.54) is 0 Å². The molecule has 0 amide bonds. The molecule has 5 heteroatoms. The topological polar surface area (TPSA) is 53.2 Å². The third-order valence-electron chi connectivity index (χ3n) is 2.68. The lowest BCUT2D eigenvalue weighted by Gasteiger charge is -2.02. The molecule has 5 nitrogen and oxygen atoms in total. The number of imidazole rings is 1. The number of aryl methyl sites for hydroxylation is 1. The van der Waals surface area contributed by atoms with E-state index in [2.05, 4.69) is 0 Å². The summed E-state index contributed by atoms with van der Waals surface area (Å²) < 4.78 is 8.11. The lowest BCUT2D eigenvalue weighted by atomic mass is 10.4. The molecule has 16 heavy (non-hydrogen) atoms. The molecule has 0 aromatic carbocycles. The average Bonchev–Trinajstić information content (AvgIpc) is 3.02. The highest BCUT2D eigenvalue weighted by molar-refractivity contribution is 5.69. The minimum absolute atomic E-state index is 0.0215. The zero-order valence-corrected chi connectivity index (χ0v) is 9.39. The van der Waals surface area contributed by atoms with Crippen molar-refractivity contribution in [3.8, 4) is 0 Å². The highest BCUT2D eigenvalue weighted by atomic mass is 16.5. The van der Waals surface area contributed by atoms with Gasteiger partial charge in [0.15, 0.2) is 0 Å². The third-order valence-corrected chi connectivity index (χ3v) is 2.68. The van der Waals surface area contributed by atoms with Gasteiger partial charge >= 0.3 is 11.7 Å². The predicted octanol–water partition coefficient (Wildman–Crippen LogP) is 0.938. The van der Waals surface area contributed by atoms with Crippen LogP contribution in [0.3, 0.4) is 0 Å². The molecule has 0 unspecified atom stereocenters. The highest BCUT2D eigenvalue weighted by Crippen LogP contribution is 2.33. The van der Waals surface area contributed by atoms with Crippen molar-refractivity contribution in [3.05, 3.63) is 22.9 Å². The van der Waals surface area contributed by atoms with E-state index in [0.717, 1.165) is 12.8 Å². The average molecular weight is 224 g/mol. The number of carbonyl (C=O) groups excluding carboxylic acids is 1. The van der Waals surface area contributed by atoms with Gasteiger partial charge in [0.1, 0.15) is 0 Å². The van der Waals surface area contributed by atoms with Crippen LogP contribution in [0.5, 0.6) is 0 Å². The predicted molar refractivity (Wildman–Crippen MR) is 58.2 cm³/mol. The monoisotopic (exact) mass is 224 g/mol. The van der Waals surface area contributed by atoms with E-state index >= 15 is 0 Å². The summed E-state index contributed by atoms with van der Waals surface area (Å²) in [4.78, 5) is 22.9. The fourth-order valence-corrected chi connectivity index (χ4v) is 1.67. The third kappa shape index (κ3) is 2.35. The Morgan fingerprint density at radius 1 is 1.50 bits per heavy atom. The molecule has 2 rings (SSSR count). The molecule has 0 N–H and O–H groups in total. The molecule has 0 radical (unpaired) electrons. The number of aromatic nitrogens is 2. The van der Waals surface area contributed by atoms with Gasteiger partial charge in [-0.1, -0.05) is 0 Å². The Bertz CT molecular complexity index is 429. The summed E-state index contributed by atoms with van der Waals surface area (Å²) in [6.45, 7) is 2.56. The second-order valence-corrected chi connectivity index (χ2v) is 3.97. The smallest absolute Gasteiger partial charge is 0.328 e. The molecular weight excluding hydrogens is 208 g/mol. The summed E-state index contributed by atoms with van der Waals surface area (Å²) in [6, 6.07) is 0.386. The maximum atomic E-state index is 11.8. The SMILES string of the molecule is CCOC(=O)CCn1ccn(C2CC2)c1=O. The number of nitrogens with zero attached hydrogens (tertiary/aromatic N) is 2. The summed E-state index contributed by atoms with van der Waals surface area (Å²) in [5.74, 6) is -0.256. The largest absolute Gasteiger partial charge is 0.466 e. The molecule has 1 heterocycles. The minimum atomic E-state index is -0.256. The van der Waals surface area contributed by atoms with E-state index in [9.17, 15) is 9.59 Å². The van der Waals surface area contributed by atoms with Gasteiger partial charge in [-0.2, -0.15) is 0 Å². The number of rotatable bonds is 5. The van der Waals surface area contributed by atoms with Gasteiger partial charge in [0.25, 0.3) is 0 Å². The maximum Gasteiger partial charge on any atom is 0.328 e. The van der Waals surface area contributed by atoms with E-state index in [1.807, 2.05) is 0 Å². The molecule has 0 aliphatic heterocycles. The van der Waals surface area contributed by atoms with Crippen LogP contribution in [0.2, 0.25) is 0 Å². The number of esters is 1. The lowest BCUT2D eigenvalue weighted by Crippen LogP contribution is -2.24. The summed E-state index contributed by atoms with van der Waals surface area (Å²) >= 11 is 0. The van der Waals surface area contributed by atoms with Gasteiger partial charge in [0.2, 0.25) is 0 Å². The summed E-state index contributed by atoms with van der Waals surface area (Å²) in [7, 11) is 0. The summed E-state index contributed by atoms with van der Waals surface area (Å²) in [5.41, 5.74) is -0.0215. The Hall–Kier alpha value is -1.52. The Morgan fingerprint density at radius 2 is 2.25 bits per heavy atom. The van der Waals surface area contributed by atoms with Crippen LogP contribution in [0, 0.1) is 0 Å². The maximum absolute atomic E-state index is 11.8. The van der Waals surface area contributed by atoms with Gasteiger partial charge in [0.05, 0.1) is 13.0 Å². The first-order valence-corrected chi connectivity index (χ1v) is 5.65. The number of carbonyl (C=O) groups is 1. The van der Waals surface area contributed by atoms with Crippen LogP contribution < -0.4 is 5.69 Å². The molecule has 1 aliphatic carbocycles. The van der Waals surface area contributed by atoms with Crippen LogP contribution in [-0.4, -0.2) is 21.7 Å². The Morgan fingerprint density at radius 3 is 2.88 bits per heavy atom. The van der Waals surface area contributed by atoms with Crippen LogP contribution in [-0.2, 0) is 16.1 Å². The molecule has 0 saturated heterocycles. The molecular formula is C11H16N2O3. The molecule has 1 fully saturated rings. The molecule has 1 aliphatic rings. The normalized spacial score (nSPS) is 15.1. The van der Waals surface area contributed by atoms with Gasteiger partial charge in [-0.15, -0.1) is 0 Å². The minimum Gasteiger partial charge on any atom is -0.466 e. The van der Waals surface area contributed by atoms with Crippen LogP contribution in [0.15, 0.2) is 17.2 Å². The first-order valence-electron chi connectivity index (χ1n) is 5.65. The number of hydrogen-bond donors (Lipinski definition) is 0. The summed E-state index contributed by atoms with van der Waals surface area (Å²) in [6.07, 6.45) is 5.96. The Labute approximate surface area is 93.6 Å². The van der Waals surface area contributed by atoms with Crippen molar-refractivity contribution < 1.29 is 9.53 Å². The zero-order chi connectivity index (χ0) is 11.5. The van der Waals surface area contributed by atoms with Gasteiger partial charge in [-0.05, 0) is 19.8 Å². The standard InChI is InChI=1S/C11H16N2O3/c1-2-16-10(14)5-6-12-7-8-13(11(12)15)9-3-4-9/h7-9H,2-6H2,1H3. The first-order chi connectivity index (χ1) is 7.72. The molecule has 0 bridgehead atoms. The van der Waals surface area contributed by atoms with Crippen molar-refractivity contribution in [2.24, 2.45) is 0 Å². The molecule has 1 aromatic rings.